The van der Waals surface area contributed by atoms with E-state index in [1.165, 1.54) is 43.4 Å². The van der Waals surface area contributed by atoms with E-state index in [1.54, 1.807) is 23.9 Å². The van der Waals surface area contributed by atoms with Crippen LogP contribution in [0.1, 0.15) is 48.4 Å². The Morgan fingerprint density at radius 3 is 1.54 bits per heavy atom. The van der Waals surface area contributed by atoms with Gasteiger partial charge in [0, 0.05) is 10.6 Å². The summed E-state index contributed by atoms with van der Waals surface area (Å²) in [6.07, 6.45) is 0. The Morgan fingerprint density at radius 2 is 1.20 bits per heavy atom. The maximum absolute atomic E-state index is 11.9. The highest BCUT2D eigenvalue weighted by molar-refractivity contribution is 7.99. The Hall–Kier alpha value is -1.74. The lowest BCUT2D eigenvalue weighted by Crippen LogP contribution is -2.12. The molecule has 0 aromatic heterocycles. The predicted octanol–water partition coefficient (Wildman–Crippen LogP) is 6.55. The van der Waals surface area contributed by atoms with Crippen LogP contribution in [0.4, 0.5) is 0 Å². The maximum Gasteiger partial charge on any atom is 0.337 e. The van der Waals surface area contributed by atoms with Crippen molar-refractivity contribution in [1.29, 1.82) is 0 Å². The molecule has 6 nitrogen and oxygen atoms in total. The lowest BCUT2D eigenvalue weighted by Gasteiger charge is -2.07. The van der Waals surface area contributed by atoms with Gasteiger partial charge in [-0.2, -0.15) is 0 Å². The average Bonchev–Trinajstić information content (AvgIpc) is 2.82. The molecular weight excluding hydrogens is 531 g/mol. The normalized spacial score (nSPS) is 10.6. The Balaban J connectivity index is 0.000000597. The van der Waals surface area contributed by atoms with Crippen LogP contribution in [0.25, 0.3) is 0 Å². The third-order valence-electron chi connectivity index (χ3n) is 4.05. The van der Waals surface area contributed by atoms with Crippen LogP contribution in [0.2, 0.25) is 0 Å². The van der Waals surface area contributed by atoms with Crippen molar-refractivity contribution >= 4 is 56.7 Å². The largest absolute Gasteiger partial charge is 0.465 e. The molecule has 2 rings (SSSR count). The molecule has 0 bridgehead atoms. The fraction of sp³-hybridized carbons (Fsp3) is 0.440. The second kappa shape index (κ2) is 17.7. The average molecular weight is 566 g/mol. The summed E-state index contributed by atoms with van der Waals surface area (Å²) in [5.41, 5.74) is 0.947. The number of hydrogen-bond acceptors (Lipinski definition) is 7. The summed E-state index contributed by atoms with van der Waals surface area (Å²) in [5.74, 6) is 1.19. The summed E-state index contributed by atoms with van der Waals surface area (Å²) in [7, 11) is -0.585. The smallest absolute Gasteiger partial charge is 0.337 e. The quantitative estimate of drug-likeness (QED) is 0.204. The first-order valence-corrected chi connectivity index (χ1v) is 14.5. The summed E-state index contributed by atoms with van der Waals surface area (Å²) in [4.78, 5) is 23.8. The number of sulfone groups is 1. The lowest BCUT2D eigenvalue weighted by molar-refractivity contribution is 0.0592. The van der Waals surface area contributed by atoms with Crippen molar-refractivity contribution in [2.75, 3.05) is 31.1 Å². The summed E-state index contributed by atoms with van der Waals surface area (Å²) in [5, 5.41) is 0.194. The van der Waals surface area contributed by atoms with Crippen LogP contribution < -0.4 is 0 Å². The second-order valence-corrected chi connectivity index (χ2v) is 11.9. The van der Waals surface area contributed by atoms with Gasteiger partial charge < -0.3 is 9.47 Å². The fourth-order valence-corrected chi connectivity index (χ4v) is 4.99. The molecule has 0 unspecified atom stereocenters. The zero-order valence-electron chi connectivity index (χ0n) is 20.9. The second-order valence-electron chi connectivity index (χ2n) is 8.01. The van der Waals surface area contributed by atoms with Gasteiger partial charge in [-0.15, -0.1) is 35.0 Å². The molecule has 0 atom stereocenters. The summed E-state index contributed by atoms with van der Waals surface area (Å²) in [6.45, 7) is 8.08. The van der Waals surface area contributed by atoms with E-state index in [-0.39, 0.29) is 27.9 Å². The van der Waals surface area contributed by atoms with E-state index in [2.05, 4.69) is 23.3 Å². The number of thioether (sulfide) groups is 1. The molecule has 0 saturated carbocycles. The molecule has 0 aliphatic carbocycles. The monoisotopic (exact) mass is 564 g/mol. The van der Waals surface area contributed by atoms with Crippen molar-refractivity contribution in [3.63, 3.8) is 0 Å². The number of hydrogen-bond donors (Lipinski definition) is 0. The number of halogens is 2. The van der Waals surface area contributed by atoms with Gasteiger partial charge in [0.15, 0.2) is 9.84 Å². The number of benzene rings is 2. The van der Waals surface area contributed by atoms with Crippen LogP contribution in [0.3, 0.4) is 0 Å². The van der Waals surface area contributed by atoms with Crippen molar-refractivity contribution in [3.8, 4) is 0 Å². The Labute approximate surface area is 223 Å². The van der Waals surface area contributed by atoms with Gasteiger partial charge in [0.1, 0.15) is 0 Å². The number of carbonyl (C=O) groups is 2. The van der Waals surface area contributed by atoms with Crippen molar-refractivity contribution in [2.45, 2.75) is 37.5 Å². The molecule has 35 heavy (non-hydrogen) atoms. The van der Waals surface area contributed by atoms with Gasteiger partial charge in [0.25, 0.3) is 0 Å². The molecule has 0 amide bonds. The SMILES string of the molecule is COC(=O)c1ccc(S(=O)(=O)CC(C)C)cc1.COC(=O)c1ccc(SCC(C)C)cc1.ClCCl. The molecule has 2 aromatic carbocycles. The zero-order valence-corrected chi connectivity index (χ0v) is 24.1. The molecule has 10 heteroatoms. The molecule has 0 aliphatic heterocycles. The molecule has 0 fully saturated rings. The number of esters is 2. The highest BCUT2D eigenvalue weighted by atomic mass is 35.5. The van der Waals surface area contributed by atoms with Crippen LogP contribution in [0.5, 0.6) is 0 Å². The molecule has 0 radical (unpaired) electrons. The molecule has 0 N–H and O–H groups in total. The van der Waals surface area contributed by atoms with E-state index in [0.717, 1.165) is 5.75 Å². The van der Waals surface area contributed by atoms with Gasteiger partial charge in [-0.25, -0.2) is 18.0 Å². The Bertz CT molecular complexity index is 990. The van der Waals surface area contributed by atoms with Crippen LogP contribution in [-0.4, -0.2) is 51.4 Å². The fourth-order valence-electron chi connectivity index (χ4n) is 2.52. The molecule has 196 valence electrons. The molecule has 0 aliphatic rings. The van der Waals surface area contributed by atoms with Gasteiger partial charge in [-0.1, -0.05) is 27.7 Å². The lowest BCUT2D eigenvalue weighted by atomic mass is 10.2. The number of ether oxygens (including phenoxy) is 2. The Morgan fingerprint density at radius 1 is 0.800 bits per heavy atom. The minimum Gasteiger partial charge on any atom is -0.465 e. The van der Waals surface area contributed by atoms with E-state index >= 15 is 0 Å². The molecule has 0 heterocycles. The minimum atomic E-state index is -3.26. The van der Waals surface area contributed by atoms with Crippen molar-refractivity contribution in [3.05, 3.63) is 59.7 Å². The summed E-state index contributed by atoms with van der Waals surface area (Å²) < 4.78 is 32.9. The number of rotatable bonds is 8. The van der Waals surface area contributed by atoms with Crippen LogP contribution in [0.15, 0.2) is 58.3 Å². The maximum atomic E-state index is 11.9. The molecule has 2 aromatic rings. The van der Waals surface area contributed by atoms with E-state index in [9.17, 15) is 18.0 Å². The summed E-state index contributed by atoms with van der Waals surface area (Å²) >= 11 is 11.3. The number of carbonyl (C=O) groups excluding carboxylic acids is 2. The van der Waals surface area contributed by atoms with E-state index in [1.807, 2.05) is 26.0 Å². The number of alkyl halides is 2. The highest BCUT2D eigenvalue weighted by Crippen LogP contribution is 2.21. The molecule has 0 spiro atoms. The molecular formula is C25H34Cl2O6S2. The first-order chi connectivity index (χ1) is 16.4. The van der Waals surface area contributed by atoms with Crippen molar-refractivity contribution in [2.24, 2.45) is 11.8 Å². The summed E-state index contributed by atoms with van der Waals surface area (Å²) in [6, 6.07) is 13.3. The Kier molecular flexibility index (Phi) is 16.8. The predicted molar refractivity (Wildman–Crippen MR) is 145 cm³/mol. The van der Waals surface area contributed by atoms with Gasteiger partial charge in [0.05, 0.1) is 41.3 Å². The van der Waals surface area contributed by atoms with Crippen LogP contribution in [0, 0.1) is 11.8 Å². The zero-order chi connectivity index (χ0) is 27.0. The van der Waals surface area contributed by atoms with Gasteiger partial charge >= 0.3 is 11.9 Å². The number of methoxy groups -OCH3 is 2. The van der Waals surface area contributed by atoms with Gasteiger partial charge in [0.2, 0.25) is 0 Å². The third kappa shape index (κ3) is 13.8. The van der Waals surface area contributed by atoms with Gasteiger partial charge in [-0.05, 0) is 60.4 Å². The van der Waals surface area contributed by atoms with Gasteiger partial charge in [-0.3, -0.25) is 0 Å². The topological polar surface area (TPSA) is 86.7 Å². The van der Waals surface area contributed by atoms with E-state index in [0.29, 0.717) is 17.0 Å². The molecule has 0 saturated heterocycles. The van der Waals surface area contributed by atoms with E-state index in [4.69, 9.17) is 23.2 Å². The highest BCUT2D eigenvalue weighted by Gasteiger charge is 2.17. The van der Waals surface area contributed by atoms with E-state index < -0.39 is 15.8 Å². The van der Waals surface area contributed by atoms with Crippen LogP contribution >= 0.6 is 35.0 Å². The first kappa shape index (κ1) is 33.3. The van der Waals surface area contributed by atoms with Crippen molar-refractivity contribution < 1.29 is 27.5 Å². The third-order valence-corrected chi connectivity index (χ3v) is 7.58. The standard InChI is InChI=1S/C12H16O4S.C12H16O2S.CH2Cl2/c1-9(2)8-17(14,15)11-6-4-10(5-7-11)12(13)16-3;1-9(2)8-15-11-6-4-10(5-7-11)12(13)14-3;2-1-3/h4-7,9H,8H2,1-3H3;4-7,9H,8H2,1-3H3;1H2. The first-order valence-electron chi connectivity index (χ1n) is 10.8. The minimum absolute atomic E-state index is 0.0697. The van der Waals surface area contributed by atoms with Crippen LogP contribution in [-0.2, 0) is 19.3 Å². The van der Waals surface area contributed by atoms with Crippen molar-refractivity contribution in [1.82, 2.24) is 0 Å².